The Labute approximate surface area is 78.1 Å². The molecule has 0 amide bonds. The molecule has 73 valence electrons. The number of hydrogen-bond acceptors (Lipinski definition) is 1. The quantitative estimate of drug-likeness (QED) is 0.506. The fraction of sp³-hybridized carbons (Fsp3) is 0.909. The van der Waals surface area contributed by atoms with Gasteiger partial charge < -0.3 is 4.90 Å². The van der Waals surface area contributed by atoms with Gasteiger partial charge in [0, 0.05) is 0 Å². The first-order chi connectivity index (χ1) is 5.85. The molecule has 0 aromatic rings. The molecule has 0 bridgehead atoms. The number of unbranched alkanes of at least 4 members (excludes halogenated alkanes) is 4. The topological polar surface area (TPSA) is 3.24 Å². The summed E-state index contributed by atoms with van der Waals surface area (Å²) >= 11 is 0. The third-order valence-corrected chi connectivity index (χ3v) is 2.37. The highest BCUT2D eigenvalue weighted by molar-refractivity contribution is 4.53. The first kappa shape index (κ1) is 12.0. The smallest absolute Gasteiger partial charge is 0.00190 e. The first-order valence-electron chi connectivity index (χ1n) is 5.36. The van der Waals surface area contributed by atoms with Crippen LogP contribution in [0.1, 0.15) is 46.0 Å². The van der Waals surface area contributed by atoms with Crippen LogP contribution in [0.2, 0.25) is 0 Å². The Balaban J connectivity index is 3.06. The Morgan fingerprint density at radius 2 is 1.50 bits per heavy atom. The van der Waals surface area contributed by atoms with Crippen LogP contribution in [0, 0.1) is 6.92 Å². The highest BCUT2D eigenvalue weighted by atomic mass is 15.1. The van der Waals surface area contributed by atoms with E-state index in [-0.39, 0.29) is 0 Å². The highest BCUT2D eigenvalue weighted by Gasteiger charge is 1.97. The zero-order chi connectivity index (χ0) is 9.23. The van der Waals surface area contributed by atoms with Crippen molar-refractivity contribution in [3.63, 3.8) is 0 Å². The average molecular weight is 170 g/mol. The maximum absolute atomic E-state index is 3.84. The second-order valence-corrected chi connectivity index (χ2v) is 3.29. The van der Waals surface area contributed by atoms with Crippen molar-refractivity contribution in [2.24, 2.45) is 0 Å². The van der Waals surface area contributed by atoms with Crippen molar-refractivity contribution in [1.29, 1.82) is 0 Å². The monoisotopic (exact) mass is 170 g/mol. The van der Waals surface area contributed by atoms with Gasteiger partial charge >= 0.3 is 0 Å². The van der Waals surface area contributed by atoms with Crippen molar-refractivity contribution in [2.75, 3.05) is 19.6 Å². The van der Waals surface area contributed by atoms with Gasteiger partial charge in [-0.25, -0.2) is 0 Å². The standard InChI is InChI=1S/C11H24N/c1-4-7-8-9-10-11-12(5-2)6-3/h1,4-11H2,2-3H3. The SMILES string of the molecule is [CH2]CCCCCCN(CC)CC. The molecule has 0 aliphatic rings. The van der Waals surface area contributed by atoms with Gasteiger partial charge in [-0.2, -0.15) is 0 Å². The van der Waals surface area contributed by atoms with Gasteiger partial charge in [0.25, 0.3) is 0 Å². The fourth-order valence-electron chi connectivity index (χ4n) is 1.41. The van der Waals surface area contributed by atoms with E-state index in [1.54, 1.807) is 0 Å². The van der Waals surface area contributed by atoms with Crippen LogP contribution in [-0.4, -0.2) is 24.5 Å². The van der Waals surface area contributed by atoms with Gasteiger partial charge in [0.15, 0.2) is 0 Å². The normalized spacial score (nSPS) is 11.0. The molecule has 0 spiro atoms. The fourth-order valence-corrected chi connectivity index (χ4v) is 1.41. The molecular weight excluding hydrogens is 146 g/mol. The lowest BCUT2D eigenvalue weighted by Crippen LogP contribution is -2.23. The van der Waals surface area contributed by atoms with E-state index in [1.165, 1.54) is 45.3 Å². The largest absolute Gasteiger partial charge is 0.304 e. The molecule has 0 atom stereocenters. The summed E-state index contributed by atoms with van der Waals surface area (Å²) in [6.45, 7) is 12.0. The molecule has 0 N–H and O–H groups in total. The van der Waals surface area contributed by atoms with Crippen LogP contribution in [0.4, 0.5) is 0 Å². The molecule has 0 unspecified atom stereocenters. The summed E-state index contributed by atoms with van der Waals surface area (Å²) in [4.78, 5) is 2.49. The van der Waals surface area contributed by atoms with Crippen LogP contribution < -0.4 is 0 Å². The molecule has 1 heteroatoms. The van der Waals surface area contributed by atoms with Gasteiger partial charge in [0.05, 0.1) is 0 Å². The molecule has 0 aliphatic carbocycles. The third kappa shape index (κ3) is 6.66. The molecule has 1 nitrogen and oxygen atoms in total. The second-order valence-electron chi connectivity index (χ2n) is 3.29. The summed E-state index contributed by atoms with van der Waals surface area (Å²) in [5.41, 5.74) is 0. The highest BCUT2D eigenvalue weighted by Crippen LogP contribution is 2.03. The third-order valence-electron chi connectivity index (χ3n) is 2.37. The molecule has 12 heavy (non-hydrogen) atoms. The van der Waals surface area contributed by atoms with E-state index in [2.05, 4.69) is 25.7 Å². The Bertz CT molecular complexity index is 77.1. The predicted octanol–water partition coefficient (Wildman–Crippen LogP) is 3.11. The molecule has 0 aromatic carbocycles. The van der Waals surface area contributed by atoms with Crippen LogP contribution in [0.25, 0.3) is 0 Å². The molecule has 0 fully saturated rings. The number of hydrogen-bond donors (Lipinski definition) is 0. The summed E-state index contributed by atoms with van der Waals surface area (Å²) in [6, 6.07) is 0. The van der Waals surface area contributed by atoms with Gasteiger partial charge in [0.1, 0.15) is 0 Å². The lowest BCUT2D eigenvalue weighted by molar-refractivity contribution is 0.295. The Morgan fingerprint density at radius 1 is 0.917 bits per heavy atom. The number of nitrogens with zero attached hydrogens (tertiary/aromatic N) is 1. The van der Waals surface area contributed by atoms with Crippen LogP contribution in [0.5, 0.6) is 0 Å². The minimum Gasteiger partial charge on any atom is -0.304 e. The summed E-state index contributed by atoms with van der Waals surface area (Å²) in [6.07, 6.45) is 6.52. The van der Waals surface area contributed by atoms with Crippen molar-refractivity contribution in [1.82, 2.24) is 4.90 Å². The van der Waals surface area contributed by atoms with Gasteiger partial charge in [-0.3, -0.25) is 0 Å². The Kier molecular flexibility index (Phi) is 9.02. The maximum atomic E-state index is 3.84. The Hall–Kier alpha value is -0.0400. The first-order valence-corrected chi connectivity index (χ1v) is 5.36. The van der Waals surface area contributed by atoms with Gasteiger partial charge in [-0.15, -0.1) is 0 Å². The minimum atomic E-state index is 1.10. The maximum Gasteiger partial charge on any atom is -0.00190 e. The van der Waals surface area contributed by atoms with Crippen LogP contribution in [0.3, 0.4) is 0 Å². The predicted molar refractivity (Wildman–Crippen MR) is 56.2 cm³/mol. The van der Waals surface area contributed by atoms with Crippen LogP contribution in [-0.2, 0) is 0 Å². The minimum absolute atomic E-state index is 1.10. The van der Waals surface area contributed by atoms with Crippen molar-refractivity contribution in [3.05, 3.63) is 6.92 Å². The molecule has 0 aliphatic heterocycles. The van der Waals surface area contributed by atoms with E-state index in [4.69, 9.17) is 0 Å². The molecule has 0 heterocycles. The summed E-state index contributed by atoms with van der Waals surface area (Å²) in [5, 5.41) is 0. The molecule has 0 saturated heterocycles. The van der Waals surface area contributed by atoms with E-state index >= 15 is 0 Å². The van der Waals surface area contributed by atoms with Gasteiger partial charge in [0.2, 0.25) is 0 Å². The molecule has 0 saturated carbocycles. The van der Waals surface area contributed by atoms with Crippen LogP contribution in [0.15, 0.2) is 0 Å². The average Bonchev–Trinajstić information content (AvgIpc) is 2.11. The summed E-state index contributed by atoms with van der Waals surface area (Å²) in [7, 11) is 0. The zero-order valence-corrected chi connectivity index (χ0v) is 8.81. The molecule has 0 rings (SSSR count). The van der Waals surface area contributed by atoms with E-state index in [0.29, 0.717) is 0 Å². The summed E-state index contributed by atoms with van der Waals surface area (Å²) in [5.74, 6) is 0. The van der Waals surface area contributed by atoms with Crippen molar-refractivity contribution in [3.8, 4) is 0 Å². The lowest BCUT2D eigenvalue weighted by atomic mass is 10.1. The molecule has 0 aromatic heterocycles. The molecule has 1 radical (unpaired) electrons. The van der Waals surface area contributed by atoms with Crippen molar-refractivity contribution >= 4 is 0 Å². The van der Waals surface area contributed by atoms with E-state index < -0.39 is 0 Å². The Morgan fingerprint density at radius 3 is 2.00 bits per heavy atom. The zero-order valence-electron chi connectivity index (χ0n) is 8.81. The van der Waals surface area contributed by atoms with Crippen molar-refractivity contribution in [2.45, 2.75) is 46.0 Å². The van der Waals surface area contributed by atoms with E-state index in [1.807, 2.05) is 0 Å². The second kappa shape index (κ2) is 9.05. The van der Waals surface area contributed by atoms with E-state index in [0.717, 1.165) is 6.42 Å². The summed E-state index contributed by atoms with van der Waals surface area (Å²) < 4.78 is 0. The van der Waals surface area contributed by atoms with Gasteiger partial charge in [-0.05, 0) is 26.1 Å². The molecular formula is C11H24N. The number of rotatable bonds is 8. The van der Waals surface area contributed by atoms with Gasteiger partial charge in [-0.1, -0.05) is 46.5 Å². The van der Waals surface area contributed by atoms with E-state index in [9.17, 15) is 0 Å². The lowest BCUT2D eigenvalue weighted by Gasteiger charge is -2.17. The van der Waals surface area contributed by atoms with Crippen molar-refractivity contribution < 1.29 is 0 Å². The van der Waals surface area contributed by atoms with Crippen LogP contribution >= 0.6 is 0 Å².